The van der Waals surface area contributed by atoms with Gasteiger partial charge in [-0.25, -0.2) is 0 Å². The summed E-state index contributed by atoms with van der Waals surface area (Å²) in [5.74, 6) is 0.955. The minimum atomic E-state index is 0.242. The lowest BCUT2D eigenvalue weighted by Gasteiger charge is -2.17. The number of methoxy groups -OCH3 is 1. The summed E-state index contributed by atoms with van der Waals surface area (Å²) in [4.78, 5) is 1.22. The van der Waals surface area contributed by atoms with Crippen LogP contribution in [0.2, 0.25) is 0 Å². The number of hydrogen-bond acceptors (Lipinski definition) is 4. The molecule has 0 amide bonds. The monoisotopic (exact) mass is 243 g/mol. The van der Waals surface area contributed by atoms with E-state index >= 15 is 0 Å². The van der Waals surface area contributed by atoms with E-state index in [0.717, 1.165) is 25.3 Å². The molecule has 4 heteroatoms. The lowest BCUT2D eigenvalue weighted by molar-refractivity contribution is 0.112. The Labute approximate surface area is 102 Å². The van der Waals surface area contributed by atoms with Gasteiger partial charge in [-0.05, 0) is 24.4 Å². The van der Waals surface area contributed by atoms with Gasteiger partial charge in [0.1, 0.15) is 5.75 Å². The molecule has 0 saturated heterocycles. The van der Waals surface area contributed by atoms with Crippen LogP contribution in [0.5, 0.6) is 5.75 Å². The Bertz CT molecular complexity index is 288. The Kier molecular flexibility index (Phi) is 6.45. The first-order valence-corrected chi connectivity index (χ1v) is 6.63. The molecule has 1 N–H and O–H groups in total. The van der Waals surface area contributed by atoms with Crippen molar-refractivity contribution in [1.29, 1.82) is 0 Å². The molecule has 0 spiro atoms. The van der Waals surface area contributed by atoms with Crippen molar-refractivity contribution in [3.8, 4) is 5.75 Å². The number of likely N-dealkylation sites (N-methyl/N-ethyl adjacent to an activating group) is 1. The highest BCUT2D eigenvalue weighted by Crippen LogP contribution is 2.30. The largest absolute Gasteiger partial charge is 0.496 e. The van der Waals surface area contributed by atoms with Gasteiger partial charge < -0.3 is 14.8 Å². The molecule has 3 nitrogen and oxygen atoms in total. The lowest BCUT2D eigenvalue weighted by Crippen LogP contribution is -2.25. The quantitative estimate of drug-likeness (QED) is 0.712. The lowest BCUT2D eigenvalue weighted by atomic mass is 10.2. The summed E-state index contributed by atoms with van der Waals surface area (Å²) in [6.45, 7) is 6.68. The molecule has 1 rings (SSSR count). The summed E-state index contributed by atoms with van der Waals surface area (Å²) in [6, 6.07) is 2.25. The average molecular weight is 243 g/mol. The Morgan fingerprint density at radius 3 is 2.88 bits per heavy atom. The highest BCUT2D eigenvalue weighted by molar-refractivity contribution is 7.10. The summed E-state index contributed by atoms with van der Waals surface area (Å²) in [6.07, 6.45) is 1.06. The Hall–Kier alpha value is -0.580. The molecule has 1 atom stereocenters. The summed E-state index contributed by atoms with van der Waals surface area (Å²) >= 11 is 1.71. The molecule has 92 valence electrons. The van der Waals surface area contributed by atoms with Gasteiger partial charge in [0.05, 0.1) is 24.6 Å². The fourth-order valence-electron chi connectivity index (χ4n) is 1.55. The first-order chi connectivity index (χ1) is 7.83. The van der Waals surface area contributed by atoms with Gasteiger partial charge in [0, 0.05) is 6.61 Å². The average Bonchev–Trinajstić information content (AvgIpc) is 2.76. The SMILES string of the molecule is CCCOCC(NCC)c1sccc1OC. The van der Waals surface area contributed by atoms with Crippen molar-refractivity contribution in [3.63, 3.8) is 0 Å². The second kappa shape index (κ2) is 7.65. The summed E-state index contributed by atoms with van der Waals surface area (Å²) in [5.41, 5.74) is 0. The third kappa shape index (κ3) is 3.77. The number of rotatable bonds is 8. The van der Waals surface area contributed by atoms with Crippen molar-refractivity contribution in [1.82, 2.24) is 5.32 Å². The highest BCUT2D eigenvalue weighted by Gasteiger charge is 2.16. The number of nitrogens with one attached hydrogen (secondary N) is 1. The van der Waals surface area contributed by atoms with Crippen LogP contribution in [0.25, 0.3) is 0 Å². The highest BCUT2D eigenvalue weighted by atomic mass is 32.1. The third-order valence-electron chi connectivity index (χ3n) is 2.28. The summed E-state index contributed by atoms with van der Waals surface area (Å²) in [7, 11) is 1.71. The maximum Gasteiger partial charge on any atom is 0.134 e. The molecule has 0 fully saturated rings. The Balaban J connectivity index is 2.61. The van der Waals surface area contributed by atoms with E-state index in [1.165, 1.54) is 4.88 Å². The zero-order chi connectivity index (χ0) is 11.8. The van der Waals surface area contributed by atoms with Gasteiger partial charge in [0.15, 0.2) is 0 Å². The molecule has 0 radical (unpaired) electrons. The molecular weight excluding hydrogens is 222 g/mol. The molecule has 0 aliphatic carbocycles. The van der Waals surface area contributed by atoms with Crippen LogP contribution in [-0.2, 0) is 4.74 Å². The molecule has 1 unspecified atom stereocenters. The van der Waals surface area contributed by atoms with E-state index in [1.807, 2.05) is 6.07 Å². The fraction of sp³-hybridized carbons (Fsp3) is 0.667. The summed E-state index contributed by atoms with van der Waals surface area (Å²) < 4.78 is 10.9. The molecule has 0 bridgehead atoms. The second-order valence-corrected chi connectivity index (χ2v) is 4.49. The van der Waals surface area contributed by atoms with Crippen molar-refractivity contribution in [2.24, 2.45) is 0 Å². The standard InChI is InChI=1S/C12H21NO2S/c1-4-7-15-9-10(13-5-2)12-11(14-3)6-8-16-12/h6,8,10,13H,4-5,7,9H2,1-3H3. The topological polar surface area (TPSA) is 30.5 Å². The predicted molar refractivity (Wildman–Crippen MR) is 68.4 cm³/mol. The van der Waals surface area contributed by atoms with Crippen molar-refractivity contribution in [2.75, 3.05) is 26.9 Å². The molecule has 0 aliphatic rings. The third-order valence-corrected chi connectivity index (χ3v) is 3.29. The van der Waals surface area contributed by atoms with Gasteiger partial charge >= 0.3 is 0 Å². The van der Waals surface area contributed by atoms with E-state index in [1.54, 1.807) is 18.4 Å². The van der Waals surface area contributed by atoms with Crippen molar-refractivity contribution < 1.29 is 9.47 Å². The van der Waals surface area contributed by atoms with Gasteiger partial charge in [-0.1, -0.05) is 13.8 Å². The zero-order valence-electron chi connectivity index (χ0n) is 10.3. The van der Waals surface area contributed by atoms with Crippen LogP contribution < -0.4 is 10.1 Å². The number of ether oxygens (including phenoxy) is 2. The smallest absolute Gasteiger partial charge is 0.134 e. The first kappa shape index (κ1) is 13.5. The minimum Gasteiger partial charge on any atom is -0.496 e. The van der Waals surface area contributed by atoms with Crippen LogP contribution in [-0.4, -0.2) is 26.9 Å². The molecule has 1 aromatic rings. The van der Waals surface area contributed by atoms with Gasteiger partial charge in [-0.2, -0.15) is 0 Å². The van der Waals surface area contributed by atoms with E-state index in [2.05, 4.69) is 24.5 Å². The molecule has 16 heavy (non-hydrogen) atoms. The molecule has 0 aliphatic heterocycles. The molecule has 0 saturated carbocycles. The van der Waals surface area contributed by atoms with Crippen LogP contribution in [0.4, 0.5) is 0 Å². The van der Waals surface area contributed by atoms with Crippen LogP contribution in [0, 0.1) is 0 Å². The van der Waals surface area contributed by atoms with Crippen LogP contribution in [0.1, 0.15) is 31.2 Å². The van der Waals surface area contributed by atoms with Crippen LogP contribution in [0.15, 0.2) is 11.4 Å². The normalized spacial score (nSPS) is 12.7. The zero-order valence-corrected chi connectivity index (χ0v) is 11.1. The van der Waals surface area contributed by atoms with E-state index in [0.29, 0.717) is 6.61 Å². The van der Waals surface area contributed by atoms with Gasteiger partial charge in [-0.3, -0.25) is 0 Å². The van der Waals surface area contributed by atoms with Gasteiger partial charge in [0.25, 0.3) is 0 Å². The van der Waals surface area contributed by atoms with E-state index in [4.69, 9.17) is 9.47 Å². The molecule has 1 heterocycles. The molecular formula is C12H21NO2S. The molecule has 0 aromatic carbocycles. The number of thiophene rings is 1. The Morgan fingerprint density at radius 2 is 2.25 bits per heavy atom. The first-order valence-electron chi connectivity index (χ1n) is 5.75. The maximum atomic E-state index is 5.61. The van der Waals surface area contributed by atoms with Crippen molar-refractivity contribution in [2.45, 2.75) is 26.3 Å². The van der Waals surface area contributed by atoms with E-state index in [-0.39, 0.29) is 6.04 Å². The Morgan fingerprint density at radius 1 is 1.44 bits per heavy atom. The van der Waals surface area contributed by atoms with E-state index < -0.39 is 0 Å². The van der Waals surface area contributed by atoms with Gasteiger partial charge in [0.2, 0.25) is 0 Å². The maximum absolute atomic E-state index is 5.61. The van der Waals surface area contributed by atoms with Crippen molar-refractivity contribution >= 4 is 11.3 Å². The van der Waals surface area contributed by atoms with Crippen LogP contribution >= 0.6 is 11.3 Å². The summed E-state index contributed by atoms with van der Waals surface area (Å²) in [5, 5.41) is 5.48. The minimum absolute atomic E-state index is 0.242. The van der Waals surface area contributed by atoms with Crippen molar-refractivity contribution in [3.05, 3.63) is 16.3 Å². The predicted octanol–water partition coefficient (Wildman–Crippen LogP) is 2.83. The second-order valence-electron chi connectivity index (χ2n) is 3.54. The number of hydrogen-bond donors (Lipinski definition) is 1. The van der Waals surface area contributed by atoms with Gasteiger partial charge in [-0.15, -0.1) is 11.3 Å². The van der Waals surface area contributed by atoms with E-state index in [9.17, 15) is 0 Å². The fourth-order valence-corrected chi connectivity index (χ4v) is 2.47. The molecule has 1 aromatic heterocycles. The van der Waals surface area contributed by atoms with Crippen LogP contribution in [0.3, 0.4) is 0 Å².